The molecule has 2 aliphatic heterocycles. The Bertz CT molecular complexity index is 976. The molecule has 0 spiro atoms. The Kier molecular flexibility index (Phi) is 4.64. The van der Waals surface area contributed by atoms with Crippen LogP contribution in [0.4, 0.5) is 16.3 Å². The molecule has 0 radical (unpaired) electrons. The molecule has 1 N–H and O–H groups in total. The van der Waals surface area contributed by atoms with Crippen molar-refractivity contribution in [3.63, 3.8) is 0 Å². The van der Waals surface area contributed by atoms with Crippen molar-refractivity contribution >= 4 is 30.5 Å². The molecule has 2 amide bonds. The number of hydrogen-bond acceptors (Lipinski definition) is 6. The number of nitrogens with one attached hydrogen (secondary N) is 1. The van der Waals surface area contributed by atoms with E-state index in [1.807, 2.05) is 31.4 Å². The first-order valence-electron chi connectivity index (χ1n) is 9.11. The molecule has 2 bridgehead atoms. The number of carbonyl (C=O) groups excluding carboxylic acids is 1. The zero-order chi connectivity index (χ0) is 19.7. The normalized spacial score (nSPS) is 18.5. The number of amides is 2. The highest BCUT2D eigenvalue weighted by Gasteiger charge is 2.40. The van der Waals surface area contributed by atoms with Crippen molar-refractivity contribution in [1.29, 1.82) is 0 Å². The summed E-state index contributed by atoms with van der Waals surface area (Å²) in [6.45, 7) is 6.89. The average molecular weight is 378 g/mol. The third-order valence-electron chi connectivity index (χ3n) is 4.86. The number of rotatable bonds is 4. The van der Waals surface area contributed by atoms with Crippen molar-refractivity contribution in [3.05, 3.63) is 36.4 Å². The van der Waals surface area contributed by atoms with Gasteiger partial charge in [0.1, 0.15) is 5.69 Å². The van der Waals surface area contributed by atoms with Crippen molar-refractivity contribution in [2.75, 3.05) is 22.9 Å². The highest BCUT2D eigenvalue weighted by atomic mass is 16.2. The first-order chi connectivity index (χ1) is 13.6. The Hall–Kier alpha value is -3.49. The van der Waals surface area contributed by atoms with E-state index in [9.17, 15) is 4.79 Å². The number of pyridine rings is 1. The van der Waals surface area contributed by atoms with E-state index < -0.39 is 0 Å². The summed E-state index contributed by atoms with van der Waals surface area (Å²) < 4.78 is 1.73. The van der Waals surface area contributed by atoms with E-state index in [1.165, 1.54) is 6.20 Å². The summed E-state index contributed by atoms with van der Waals surface area (Å²) in [6.07, 6.45) is 5.77. The van der Waals surface area contributed by atoms with Crippen molar-refractivity contribution in [2.45, 2.75) is 19.4 Å². The fourth-order valence-electron chi connectivity index (χ4n) is 3.66. The van der Waals surface area contributed by atoms with Crippen LogP contribution in [0, 0.1) is 0 Å². The molecule has 0 aromatic carbocycles. The second kappa shape index (κ2) is 7.26. The van der Waals surface area contributed by atoms with Crippen LogP contribution in [-0.2, 0) is 7.05 Å². The molecule has 1 saturated heterocycles. The molecule has 2 aromatic heterocycles. The molecular formula is C19H22N8O. The van der Waals surface area contributed by atoms with E-state index >= 15 is 0 Å². The van der Waals surface area contributed by atoms with Crippen molar-refractivity contribution in [2.24, 2.45) is 17.0 Å². The summed E-state index contributed by atoms with van der Waals surface area (Å²) in [4.78, 5) is 29.8. The van der Waals surface area contributed by atoms with Crippen LogP contribution in [0.2, 0.25) is 0 Å². The maximum absolute atomic E-state index is 13.1. The van der Waals surface area contributed by atoms with Crippen LogP contribution in [0.15, 0.2) is 46.4 Å². The molecule has 0 aliphatic carbocycles. The third-order valence-corrected chi connectivity index (χ3v) is 4.86. The van der Waals surface area contributed by atoms with Gasteiger partial charge in [0.25, 0.3) is 0 Å². The molecule has 1 fully saturated rings. The van der Waals surface area contributed by atoms with E-state index in [2.05, 4.69) is 32.0 Å². The minimum Gasteiger partial charge on any atom is -0.366 e. The topological polar surface area (TPSA) is 91.0 Å². The SMILES string of the molecule is C=N/C=C(\N=CC)NC(=O)N1c2nc(-c3ccn(C)n3)ccc2N2CC[C@H]1C2. The van der Waals surface area contributed by atoms with Gasteiger partial charge in [0.05, 0.1) is 23.6 Å². The monoisotopic (exact) mass is 378 g/mol. The molecular weight excluding hydrogens is 356 g/mol. The number of fused-ring (bicyclic) bond motifs is 4. The molecule has 0 unspecified atom stereocenters. The summed E-state index contributed by atoms with van der Waals surface area (Å²) >= 11 is 0. The Balaban J connectivity index is 1.72. The van der Waals surface area contributed by atoms with Crippen LogP contribution in [0.5, 0.6) is 0 Å². The summed E-state index contributed by atoms with van der Waals surface area (Å²) in [5.74, 6) is 0.978. The van der Waals surface area contributed by atoms with Gasteiger partial charge in [-0.2, -0.15) is 5.10 Å². The maximum atomic E-state index is 13.1. The first-order valence-corrected chi connectivity index (χ1v) is 9.11. The van der Waals surface area contributed by atoms with E-state index in [0.29, 0.717) is 11.6 Å². The lowest BCUT2D eigenvalue weighted by Gasteiger charge is -2.35. The number of urea groups is 1. The van der Waals surface area contributed by atoms with Crippen LogP contribution >= 0.6 is 0 Å². The third kappa shape index (κ3) is 3.15. The van der Waals surface area contributed by atoms with Crippen molar-refractivity contribution in [3.8, 4) is 11.4 Å². The van der Waals surface area contributed by atoms with Gasteiger partial charge in [-0.1, -0.05) is 0 Å². The predicted molar refractivity (Wildman–Crippen MR) is 110 cm³/mol. The van der Waals surface area contributed by atoms with Crippen LogP contribution in [-0.4, -0.2) is 52.9 Å². The van der Waals surface area contributed by atoms with Gasteiger partial charge in [0.2, 0.25) is 0 Å². The lowest BCUT2D eigenvalue weighted by atomic mass is 10.1. The molecule has 2 aromatic rings. The molecule has 1 atom stereocenters. The minimum atomic E-state index is -0.279. The molecule has 9 heteroatoms. The number of anilines is 2. The van der Waals surface area contributed by atoms with Gasteiger partial charge in [0, 0.05) is 32.5 Å². The largest absolute Gasteiger partial charge is 0.366 e. The molecule has 4 heterocycles. The second-order valence-corrected chi connectivity index (χ2v) is 6.69. The summed E-state index contributed by atoms with van der Waals surface area (Å²) in [5, 5.41) is 7.24. The Morgan fingerprint density at radius 1 is 1.36 bits per heavy atom. The molecule has 144 valence electrons. The van der Waals surface area contributed by atoms with Gasteiger partial charge in [-0.05, 0) is 38.3 Å². The smallest absolute Gasteiger partial charge is 0.329 e. The van der Waals surface area contributed by atoms with Gasteiger partial charge in [-0.15, -0.1) is 0 Å². The van der Waals surface area contributed by atoms with Crippen molar-refractivity contribution in [1.82, 2.24) is 20.1 Å². The standard InChI is InChI=1S/C19H22N8O/c1-4-21-17(11-20-2)23-19(28)27-13-7-10-26(12-13)16-6-5-14(22-18(16)27)15-8-9-25(3)24-15/h4-6,8-9,11,13H,2,7,10,12H2,1,3H3,(H,23,28)/b17-11+,21-4?/t13-/m0/s1. The lowest BCUT2D eigenvalue weighted by Crippen LogP contribution is -2.50. The number of carbonyl (C=O) groups is 1. The lowest BCUT2D eigenvalue weighted by molar-refractivity contribution is 0.246. The van der Waals surface area contributed by atoms with Gasteiger partial charge in [-0.25, -0.2) is 14.8 Å². The second-order valence-electron chi connectivity index (χ2n) is 6.69. The fraction of sp³-hybridized carbons (Fsp3) is 0.316. The van der Waals surface area contributed by atoms with Crippen LogP contribution in [0.3, 0.4) is 0 Å². The highest BCUT2D eigenvalue weighted by molar-refractivity contribution is 5.98. The number of aliphatic imine (C=N–C) groups is 2. The van der Waals surface area contributed by atoms with E-state index in [0.717, 1.165) is 36.6 Å². The number of aryl methyl sites for hydroxylation is 1. The molecule has 0 saturated carbocycles. The highest BCUT2D eigenvalue weighted by Crippen LogP contribution is 2.39. The molecule has 2 aliphatic rings. The number of hydrogen-bond donors (Lipinski definition) is 1. The number of nitrogens with zero attached hydrogens (tertiary/aromatic N) is 7. The van der Waals surface area contributed by atoms with Gasteiger partial charge >= 0.3 is 6.03 Å². The minimum absolute atomic E-state index is 0.0579. The van der Waals surface area contributed by atoms with Crippen LogP contribution in [0.1, 0.15) is 13.3 Å². The van der Waals surface area contributed by atoms with Gasteiger partial charge < -0.3 is 4.90 Å². The molecule has 28 heavy (non-hydrogen) atoms. The van der Waals surface area contributed by atoms with Crippen LogP contribution in [0.25, 0.3) is 11.4 Å². The maximum Gasteiger partial charge on any atom is 0.329 e. The zero-order valence-corrected chi connectivity index (χ0v) is 15.9. The van der Waals surface area contributed by atoms with E-state index in [-0.39, 0.29) is 12.1 Å². The van der Waals surface area contributed by atoms with E-state index in [4.69, 9.17) is 4.98 Å². The summed E-state index contributed by atoms with van der Waals surface area (Å²) in [6, 6.07) is 5.65. The average Bonchev–Trinajstić information content (AvgIpc) is 3.29. The Morgan fingerprint density at radius 2 is 2.21 bits per heavy atom. The van der Waals surface area contributed by atoms with E-state index in [1.54, 1.807) is 22.7 Å². The summed E-state index contributed by atoms with van der Waals surface area (Å²) in [7, 11) is 1.86. The molecule has 9 nitrogen and oxygen atoms in total. The first kappa shape index (κ1) is 17.9. The quantitative estimate of drug-likeness (QED) is 0.826. The summed E-state index contributed by atoms with van der Waals surface area (Å²) in [5.41, 5.74) is 2.45. The van der Waals surface area contributed by atoms with Crippen LogP contribution < -0.4 is 15.1 Å². The van der Waals surface area contributed by atoms with Gasteiger partial charge in [0.15, 0.2) is 11.6 Å². The fourth-order valence-corrected chi connectivity index (χ4v) is 3.66. The van der Waals surface area contributed by atoms with Crippen molar-refractivity contribution < 1.29 is 4.79 Å². The number of aromatic nitrogens is 3. The predicted octanol–water partition coefficient (Wildman–Crippen LogP) is 2.18. The van der Waals surface area contributed by atoms with Gasteiger partial charge in [-0.3, -0.25) is 19.9 Å². The molecule has 4 rings (SSSR count). The Morgan fingerprint density at radius 3 is 2.93 bits per heavy atom. The zero-order valence-electron chi connectivity index (χ0n) is 15.9. The Labute approximate surface area is 163 Å².